The number of carbonyl (C=O) groups excluding carboxylic acids is 2. The molecule has 3 rings (SSSR count). The Hall–Kier alpha value is -2.73. The van der Waals surface area contributed by atoms with Crippen LogP contribution in [-0.2, 0) is 4.79 Å². The molecule has 1 aliphatic rings. The first-order valence-corrected chi connectivity index (χ1v) is 8.48. The third kappa shape index (κ3) is 3.75. The maximum absolute atomic E-state index is 12.6. The molecule has 6 nitrogen and oxygen atoms in total. The highest BCUT2D eigenvalue weighted by atomic mass is 35.5. The van der Waals surface area contributed by atoms with Gasteiger partial charge in [-0.05, 0) is 36.4 Å². The summed E-state index contributed by atoms with van der Waals surface area (Å²) in [4.78, 5) is 26.5. The van der Waals surface area contributed by atoms with Crippen molar-refractivity contribution in [2.24, 2.45) is 0 Å². The molecule has 0 unspecified atom stereocenters. The number of benzene rings is 2. The quantitative estimate of drug-likeness (QED) is 0.873. The maximum atomic E-state index is 12.6. The lowest BCUT2D eigenvalue weighted by Gasteiger charge is -2.18. The topological polar surface area (TPSA) is 67.9 Å². The summed E-state index contributed by atoms with van der Waals surface area (Å²) in [6.45, 7) is 0.407. The number of nitrogens with one attached hydrogen (secondary N) is 1. The molecule has 1 atom stereocenters. The number of hydrogen-bond donors (Lipinski definition) is 1. The van der Waals surface area contributed by atoms with Crippen LogP contribution in [0.4, 0.5) is 5.69 Å². The smallest absolute Gasteiger partial charge is 0.255 e. The van der Waals surface area contributed by atoms with Crippen LogP contribution in [-0.4, -0.2) is 38.6 Å². The number of hydrogen-bond acceptors (Lipinski definition) is 4. The fourth-order valence-corrected chi connectivity index (χ4v) is 3.05. The Bertz CT molecular complexity index is 823. The van der Waals surface area contributed by atoms with Crippen molar-refractivity contribution in [2.45, 2.75) is 12.5 Å². The molecule has 136 valence electrons. The lowest BCUT2D eigenvalue weighted by Crippen LogP contribution is -2.37. The first-order chi connectivity index (χ1) is 12.5. The highest BCUT2D eigenvalue weighted by molar-refractivity contribution is 6.30. The molecule has 0 bridgehead atoms. The van der Waals surface area contributed by atoms with Gasteiger partial charge in [0.25, 0.3) is 5.91 Å². The molecule has 0 spiro atoms. The van der Waals surface area contributed by atoms with E-state index in [2.05, 4.69) is 5.32 Å². The average molecular weight is 375 g/mol. The molecule has 2 aromatic rings. The average Bonchev–Trinajstić information content (AvgIpc) is 3.01. The van der Waals surface area contributed by atoms with E-state index in [0.29, 0.717) is 28.6 Å². The van der Waals surface area contributed by atoms with Crippen molar-refractivity contribution in [1.29, 1.82) is 0 Å². The van der Waals surface area contributed by atoms with Crippen LogP contribution in [0.3, 0.4) is 0 Å². The predicted molar refractivity (Wildman–Crippen MR) is 99.2 cm³/mol. The minimum absolute atomic E-state index is 0.0423. The second-order valence-electron chi connectivity index (χ2n) is 5.92. The number of anilines is 1. The van der Waals surface area contributed by atoms with Crippen molar-refractivity contribution >= 4 is 29.1 Å². The van der Waals surface area contributed by atoms with E-state index in [1.807, 2.05) is 0 Å². The third-order valence-corrected chi connectivity index (χ3v) is 4.50. The molecule has 2 amide bonds. The molecule has 1 saturated heterocycles. The van der Waals surface area contributed by atoms with Gasteiger partial charge in [0.2, 0.25) is 5.91 Å². The monoisotopic (exact) mass is 374 g/mol. The number of halogens is 1. The summed E-state index contributed by atoms with van der Waals surface area (Å²) in [5.74, 6) is 0.684. The Morgan fingerprint density at radius 3 is 2.54 bits per heavy atom. The Morgan fingerprint density at radius 1 is 1.15 bits per heavy atom. The maximum Gasteiger partial charge on any atom is 0.255 e. The Balaban J connectivity index is 1.71. The highest BCUT2D eigenvalue weighted by Gasteiger charge is 2.32. The molecule has 0 radical (unpaired) electrons. The Kier molecular flexibility index (Phi) is 5.32. The van der Waals surface area contributed by atoms with Crippen LogP contribution >= 0.6 is 11.6 Å². The van der Waals surface area contributed by atoms with Gasteiger partial charge in [0, 0.05) is 29.7 Å². The summed E-state index contributed by atoms with van der Waals surface area (Å²) >= 11 is 5.89. The van der Waals surface area contributed by atoms with Crippen LogP contribution in [0.1, 0.15) is 16.8 Å². The van der Waals surface area contributed by atoms with Crippen molar-refractivity contribution in [1.82, 2.24) is 5.32 Å². The zero-order valence-electron chi connectivity index (χ0n) is 14.5. The fraction of sp³-hybridized carbons (Fsp3) is 0.263. The van der Waals surface area contributed by atoms with Gasteiger partial charge < -0.3 is 19.7 Å². The molecular weight excluding hydrogens is 356 g/mol. The summed E-state index contributed by atoms with van der Waals surface area (Å²) in [7, 11) is 3.04. The molecular formula is C19H19ClN2O4. The number of nitrogens with zero attached hydrogens (tertiary/aromatic N) is 1. The lowest BCUT2D eigenvalue weighted by molar-refractivity contribution is -0.117. The number of ether oxygens (including phenoxy) is 2. The Labute approximate surface area is 156 Å². The van der Waals surface area contributed by atoms with E-state index in [4.69, 9.17) is 21.1 Å². The molecule has 0 saturated carbocycles. The first-order valence-electron chi connectivity index (χ1n) is 8.10. The number of rotatable bonds is 5. The van der Waals surface area contributed by atoms with E-state index in [-0.39, 0.29) is 24.3 Å². The van der Waals surface area contributed by atoms with E-state index in [9.17, 15) is 9.59 Å². The van der Waals surface area contributed by atoms with Crippen molar-refractivity contribution in [2.75, 3.05) is 25.7 Å². The summed E-state index contributed by atoms with van der Waals surface area (Å²) < 4.78 is 10.4. The van der Waals surface area contributed by atoms with Gasteiger partial charge in [-0.2, -0.15) is 0 Å². The van der Waals surface area contributed by atoms with E-state index < -0.39 is 0 Å². The minimum Gasteiger partial charge on any atom is -0.497 e. The van der Waals surface area contributed by atoms with E-state index in [1.165, 1.54) is 7.11 Å². The van der Waals surface area contributed by atoms with Gasteiger partial charge in [-0.15, -0.1) is 0 Å². The summed E-state index contributed by atoms with van der Waals surface area (Å²) in [6.07, 6.45) is 0.243. The van der Waals surface area contributed by atoms with E-state index in [0.717, 1.165) is 5.69 Å². The standard InChI is InChI=1S/C19H19ClN2O4/c1-25-15-7-8-16(17(10-15)26-2)19(24)21-13-9-18(23)22(11-13)14-5-3-12(20)4-6-14/h3-8,10,13H,9,11H2,1-2H3,(H,21,24)/t13-/m0/s1. The van der Waals surface area contributed by atoms with Crippen molar-refractivity contribution < 1.29 is 19.1 Å². The molecule has 7 heteroatoms. The van der Waals surface area contributed by atoms with Gasteiger partial charge in [0.1, 0.15) is 11.5 Å². The Morgan fingerprint density at radius 2 is 1.88 bits per heavy atom. The van der Waals surface area contributed by atoms with E-state index in [1.54, 1.807) is 54.5 Å². The molecule has 0 aromatic heterocycles. The van der Waals surface area contributed by atoms with Crippen LogP contribution in [0, 0.1) is 0 Å². The van der Waals surface area contributed by atoms with Gasteiger partial charge in [-0.25, -0.2) is 0 Å². The molecule has 1 heterocycles. The molecule has 1 N–H and O–H groups in total. The van der Waals surface area contributed by atoms with Gasteiger partial charge >= 0.3 is 0 Å². The summed E-state index contributed by atoms with van der Waals surface area (Å²) in [5.41, 5.74) is 1.16. The zero-order chi connectivity index (χ0) is 18.7. The van der Waals surface area contributed by atoms with Crippen LogP contribution in [0.5, 0.6) is 11.5 Å². The zero-order valence-corrected chi connectivity index (χ0v) is 15.2. The summed E-state index contributed by atoms with van der Waals surface area (Å²) in [6, 6.07) is 11.7. The van der Waals surface area contributed by atoms with Crippen LogP contribution in [0.15, 0.2) is 42.5 Å². The normalized spacial score (nSPS) is 16.5. The predicted octanol–water partition coefficient (Wildman–Crippen LogP) is 2.89. The molecule has 1 aliphatic heterocycles. The van der Waals surface area contributed by atoms with E-state index >= 15 is 0 Å². The second-order valence-corrected chi connectivity index (χ2v) is 6.36. The number of methoxy groups -OCH3 is 2. The van der Waals surface area contributed by atoms with Crippen LogP contribution in [0.25, 0.3) is 0 Å². The molecule has 2 aromatic carbocycles. The molecule has 26 heavy (non-hydrogen) atoms. The largest absolute Gasteiger partial charge is 0.497 e. The fourth-order valence-electron chi connectivity index (χ4n) is 2.92. The third-order valence-electron chi connectivity index (χ3n) is 4.25. The molecule has 1 fully saturated rings. The highest BCUT2D eigenvalue weighted by Crippen LogP contribution is 2.26. The van der Waals surface area contributed by atoms with Gasteiger partial charge in [0.05, 0.1) is 25.8 Å². The number of carbonyl (C=O) groups is 2. The van der Waals surface area contributed by atoms with Gasteiger partial charge in [-0.3, -0.25) is 9.59 Å². The lowest BCUT2D eigenvalue weighted by atomic mass is 10.1. The first kappa shape index (κ1) is 18.1. The van der Waals surface area contributed by atoms with Crippen LogP contribution in [0.2, 0.25) is 5.02 Å². The minimum atomic E-state index is -0.291. The van der Waals surface area contributed by atoms with Gasteiger partial charge in [-0.1, -0.05) is 11.6 Å². The van der Waals surface area contributed by atoms with Crippen LogP contribution < -0.4 is 19.7 Å². The van der Waals surface area contributed by atoms with Crippen molar-refractivity contribution in [3.8, 4) is 11.5 Å². The summed E-state index contributed by atoms with van der Waals surface area (Å²) in [5, 5.41) is 3.51. The second kappa shape index (κ2) is 7.66. The number of amides is 2. The van der Waals surface area contributed by atoms with Gasteiger partial charge in [0.15, 0.2) is 0 Å². The SMILES string of the molecule is COc1ccc(C(=O)N[C@H]2CC(=O)N(c3ccc(Cl)cc3)C2)c(OC)c1. The van der Waals surface area contributed by atoms with Crippen molar-refractivity contribution in [3.63, 3.8) is 0 Å². The molecule has 0 aliphatic carbocycles. The van der Waals surface area contributed by atoms with Crippen molar-refractivity contribution in [3.05, 3.63) is 53.1 Å².